The van der Waals surface area contributed by atoms with Gasteiger partial charge in [0.05, 0.1) is 0 Å². The van der Waals surface area contributed by atoms with E-state index in [9.17, 15) is 4.79 Å². The van der Waals surface area contributed by atoms with E-state index < -0.39 is 6.16 Å². The van der Waals surface area contributed by atoms with Crippen LogP contribution in [0.5, 0.6) is 0 Å². The van der Waals surface area contributed by atoms with Gasteiger partial charge in [0.15, 0.2) is 0 Å². The van der Waals surface area contributed by atoms with Gasteiger partial charge in [0.25, 0.3) is 0 Å². The summed E-state index contributed by atoms with van der Waals surface area (Å²) in [5.41, 5.74) is 3.45. The van der Waals surface area contributed by atoms with Crippen molar-refractivity contribution in [3.05, 3.63) is 71.3 Å². The van der Waals surface area contributed by atoms with Gasteiger partial charge in [0.2, 0.25) is 0 Å². The van der Waals surface area contributed by atoms with Crippen molar-refractivity contribution in [2.24, 2.45) is 0 Å². The molecule has 0 radical (unpaired) electrons. The smallest absolute Gasteiger partial charge is 0.450 e. The molecule has 0 aliphatic carbocycles. The Morgan fingerprint density at radius 2 is 1.74 bits per heavy atom. The van der Waals surface area contributed by atoms with Crippen molar-refractivity contribution in [3.8, 4) is 0 Å². The maximum atomic E-state index is 11.1. The van der Waals surface area contributed by atoms with Gasteiger partial charge in [-0.2, -0.15) is 0 Å². The predicted molar refractivity (Wildman–Crippen MR) is 91.7 cm³/mol. The SMILES string of the molecule is CCCc1ccccc1C(CCCc1ccccc1)OC(=O)O. The zero-order valence-corrected chi connectivity index (χ0v) is 13.6. The zero-order chi connectivity index (χ0) is 16.5. The lowest BCUT2D eigenvalue weighted by Gasteiger charge is -2.19. The first kappa shape index (κ1) is 17.1. The van der Waals surface area contributed by atoms with Crippen molar-refractivity contribution >= 4 is 6.16 Å². The molecule has 0 spiro atoms. The summed E-state index contributed by atoms with van der Waals surface area (Å²) in [5.74, 6) is 0. The Kier molecular flexibility index (Phi) is 6.67. The molecular formula is C20H24O3. The number of aryl methyl sites for hydroxylation is 2. The van der Waals surface area contributed by atoms with E-state index in [1.54, 1.807) is 0 Å². The molecule has 1 N–H and O–H groups in total. The summed E-state index contributed by atoms with van der Waals surface area (Å²) in [6.45, 7) is 2.12. The first-order valence-corrected chi connectivity index (χ1v) is 8.22. The number of rotatable bonds is 8. The molecule has 0 aliphatic heterocycles. The van der Waals surface area contributed by atoms with Gasteiger partial charge in [-0.05, 0) is 42.4 Å². The van der Waals surface area contributed by atoms with E-state index in [2.05, 4.69) is 25.1 Å². The average molecular weight is 312 g/mol. The molecule has 3 nitrogen and oxygen atoms in total. The Labute approximate surface area is 137 Å². The van der Waals surface area contributed by atoms with E-state index in [1.807, 2.05) is 36.4 Å². The summed E-state index contributed by atoms with van der Waals surface area (Å²) in [7, 11) is 0. The molecule has 0 saturated carbocycles. The summed E-state index contributed by atoms with van der Waals surface area (Å²) in [6.07, 6.45) is 2.88. The van der Waals surface area contributed by atoms with Crippen LogP contribution in [-0.4, -0.2) is 11.3 Å². The van der Waals surface area contributed by atoms with Gasteiger partial charge in [-0.3, -0.25) is 0 Å². The van der Waals surface area contributed by atoms with Crippen LogP contribution in [0.3, 0.4) is 0 Å². The molecule has 0 saturated heterocycles. The summed E-state index contributed by atoms with van der Waals surface area (Å²) >= 11 is 0. The Balaban J connectivity index is 2.06. The van der Waals surface area contributed by atoms with Crippen LogP contribution >= 0.6 is 0 Å². The van der Waals surface area contributed by atoms with Gasteiger partial charge < -0.3 is 9.84 Å². The van der Waals surface area contributed by atoms with E-state index in [0.29, 0.717) is 6.42 Å². The molecule has 0 aromatic heterocycles. The maximum absolute atomic E-state index is 11.1. The molecule has 0 fully saturated rings. The molecule has 2 rings (SSSR count). The largest absolute Gasteiger partial charge is 0.506 e. The minimum atomic E-state index is -1.21. The number of ether oxygens (including phenoxy) is 1. The van der Waals surface area contributed by atoms with E-state index in [4.69, 9.17) is 9.84 Å². The number of hydrogen-bond acceptors (Lipinski definition) is 2. The number of carboxylic acid groups (broad SMARTS) is 1. The van der Waals surface area contributed by atoms with Gasteiger partial charge >= 0.3 is 6.16 Å². The van der Waals surface area contributed by atoms with Crippen LogP contribution in [0.2, 0.25) is 0 Å². The Morgan fingerprint density at radius 1 is 1.04 bits per heavy atom. The first-order valence-electron chi connectivity index (χ1n) is 8.22. The lowest BCUT2D eigenvalue weighted by atomic mass is 9.95. The van der Waals surface area contributed by atoms with Crippen molar-refractivity contribution in [1.82, 2.24) is 0 Å². The average Bonchev–Trinajstić information content (AvgIpc) is 2.55. The third-order valence-electron chi connectivity index (χ3n) is 3.94. The molecule has 2 aromatic carbocycles. The van der Waals surface area contributed by atoms with Gasteiger partial charge in [-0.15, -0.1) is 0 Å². The van der Waals surface area contributed by atoms with Crippen molar-refractivity contribution in [3.63, 3.8) is 0 Å². The molecule has 122 valence electrons. The summed E-state index contributed by atoms with van der Waals surface area (Å²) < 4.78 is 5.18. The Bertz CT molecular complexity index is 607. The second kappa shape index (κ2) is 8.99. The Morgan fingerprint density at radius 3 is 2.43 bits per heavy atom. The quantitative estimate of drug-likeness (QED) is 0.664. The van der Waals surface area contributed by atoms with Crippen molar-refractivity contribution in [2.75, 3.05) is 0 Å². The maximum Gasteiger partial charge on any atom is 0.506 e. The van der Waals surface area contributed by atoms with E-state index in [0.717, 1.165) is 31.2 Å². The molecule has 0 aliphatic rings. The monoisotopic (exact) mass is 312 g/mol. The standard InChI is InChI=1S/C20H24O3/c1-2-9-17-13-6-7-14-18(17)19(23-20(21)22)15-8-12-16-10-4-3-5-11-16/h3-7,10-11,13-14,19H,2,8-9,12,15H2,1H3,(H,21,22). The van der Waals surface area contributed by atoms with Crippen LogP contribution < -0.4 is 0 Å². The van der Waals surface area contributed by atoms with Crippen molar-refractivity contribution < 1.29 is 14.6 Å². The van der Waals surface area contributed by atoms with Gasteiger partial charge in [-0.25, -0.2) is 4.79 Å². The number of hydrogen-bond donors (Lipinski definition) is 1. The highest BCUT2D eigenvalue weighted by atomic mass is 16.7. The van der Waals surface area contributed by atoms with Gasteiger partial charge in [-0.1, -0.05) is 67.9 Å². The molecular weight excluding hydrogens is 288 g/mol. The summed E-state index contributed by atoms with van der Waals surface area (Å²) in [4.78, 5) is 11.1. The molecule has 0 heterocycles. The van der Waals surface area contributed by atoms with Crippen LogP contribution in [0, 0.1) is 0 Å². The predicted octanol–water partition coefficient (Wildman–Crippen LogP) is 5.40. The third kappa shape index (κ3) is 5.44. The van der Waals surface area contributed by atoms with Crippen LogP contribution in [0.4, 0.5) is 4.79 Å². The highest BCUT2D eigenvalue weighted by Gasteiger charge is 2.18. The topological polar surface area (TPSA) is 46.5 Å². The lowest BCUT2D eigenvalue weighted by Crippen LogP contribution is -2.12. The molecule has 3 heteroatoms. The molecule has 0 bridgehead atoms. The molecule has 1 unspecified atom stereocenters. The minimum Gasteiger partial charge on any atom is -0.450 e. The molecule has 0 amide bonds. The van der Waals surface area contributed by atoms with Gasteiger partial charge in [0, 0.05) is 0 Å². The first-order chi connectivity index (χ1) is 11.2. The molecule has 23 heavy (non-hydrogen) atoms. The molecule has 2 aromatic rings. The third-order valence-corrected chi connectivity index (χ3v) is 3.94. The van der Waals surface area contributed by atoms with E-state index in [-0.39, 0.29) is 6.10 Å². The number of carbonyl (C=O) groups is 1. The van der Waals surface area contributed by atoms with Crippen LogP contribution in [0.25, 0.3) is 0 Å². The van der Waals surface area contributed by atoms with Crippen LogP contribution in [0.1, 0.15) is 49.0 Å². The summed E-state index contributed by atoms with van der Waals surface area (Å²) in [6, 6.07) is 18.2. The van der Waals surface area contributed by atoms with Crippen molar-refractivity contribution in [1.29, 1.82) is 0 Å². The fourth-order valence-corrected chi connectivity index (χ4v) is 2.88. The van der Waals surface area contributed by atoms with E-state index >= 15 is 0 Å². The van der Waals surface area contributed by atoms with Crippen LogP contribution in [0.15, 0.2) is 54.6 Å². The highest BCUT2D eigenvalue weighted by molar-refractivity contribution is 5.57. The zero-order valence-electron chi connectivity index (χ0n) is 13.6. The Hall–Kier alpha value is -2.29. The molecule has 1 atom stereocenters. The fraction of sp³-hybridized carbons (Fsp3) is 0.350. The van der Waals surface area contributed by atoms with Crippen molar-refractivity contribution in [2.45, 2.75) is 45.1 Å². The highest BCUT2D eigenvalue weighted by Crippen LogP contribution is 2.28. The summed E-state index contributed by atoms with van der Waals surface area (Å²) in [5, 5.41) is 9.06. The normalized spacial score (nSPS) is 11.9. The second-order valence-electron chi connectivity index (χ2n) is 5.70. The van der Waals surface area contributed by atoms with E-state index in [1.165, 1.54) is 11.1 Å². The minimum absolute atomic E-state index is 0.390. The second-order valence-corrected chi connectivity index (χ2v) is 5.70. The van der Waals surface area contributed by atoms with Crippen LogP contribution in [-0.2, 0) is 17.6 Å². The number of benzene rings is 2. The van der Waals surface area contributed by atoms with Gasteiger partial charge in [0.1, 0.15) is 6.10 Å². The lowest BCUT2D eigenvalue weighted by molar-refractivity contribution is 0.0464. The fourth-order valence-electron chi connectivity index (χ4n) is 2.88.